The fraction of sp³-hybridized carbons (Fsp3) is 0.333. The van der Waals surface area contributed by atoms with E-state index in [1.54, 1.807) is 10.9 Å². The van der Waals surface area contributed by atoms with Gasteiger partial charge in [-0.1, -0.05) is 11.3 Å². The molecule has 0 aliphatic carbocycles. The van der Waals surface area contributed by atoms with Crippen molar-refractivity contribution in [3.8, 4) is 5.69 Å². The third kappa shape index (κ3) is 4.21. The lowest BCUT2D eigenvalue weighted by atomic mass is 10.1. The van der Waals surface area contributed by atoms with Crippen LogP contribution in [0.15, 0.2) is 36.5 Å². The Kier molecular flexibility index (Phi) is 7.12. The van der Waals surface area contributed by atoms with E-state index in [-0.39, 0.29) is 36.8 Å². The molecule has 0 radical (unpaired) electrons. The summed E-state index contributed by atoms with van der Waals surface area (Å²) in [7, 11) is 0. The summed E-state index contributed by atoms with van der Waals surface area (Å²) in [6.07, 6.45) is 3.82. The molecule has 1 aliphatic heterocycles. The lowest BCUT2D eigenvalue weighted by Crippen LogP contribution is -2.45. The Morgan fingerprint density at radius 3 is 2.89 bits per heavy atom. The number of rotatable bonds is 3. The van der Waals surface area contributed by atoms with Gasteiger partial charge in [-0.2, -0.15) is 0 Å². The first-order chi connectivity index (χ1) is 12.2. The van der Waals surface area contributed by atoms with E-state index >= 15 is 0 Å². The van der Waals surface area contributed by atoms with Crippen LogP contribution >= 0.6 is 24.8 Å². The highest BCUT2D eigenvalue weighted by Crippen LogP contribution is 2.21. The fourth-order valence-electron chi connectivity index (χ4n) is 3.27. The number of amides is 1. The third-order valence-electron chi connectivity index (χ3n) is 4.59. The monoisotopic (exact) mass is 408 g/mol. The van der Waals surface area contributed by atoms with Crippen molar-refractivity contribution in [2.45, 2.75) is 25.8 Å². The average Bonchev–Trinajstić information content (AvgIpc) is 3.03. The van der Waals surface area contributed by atoms with E-state index in [1.165, 1.54) is 0 Å². The van der Waals surface area contributed by atoms with E-state index in [0.29, 0.717) is 5.69 Å². The summed E-state index contributed by atoms with van der Waals surface area (Å²) in [5, 5.41) is 15.7. The predicted octanol–water partition coefficient (Wildman–Crippen LogP) is 2.45. The van der Waals surface area contributed by atoms with E-state index in [9.17, 15) is 4.79 Å². The fourth-order valence-corrected chi connectivity index (χ4v) is 3.27. The first-order valence-electron chi connectivity index (χ1n) is 8.52. The molecule has 1 aromatic carbocycles. The maximum absolute atomic E-state index is 12.6. The van der Waals surface area contributed by atoms with E-state index in [2.05, 4.69) is 25.9 Å². The first-order valence-corrected chi connectivity index (χ1v) is 8.52. The first kappa shape index (κ1) is 21.1. The number of benzene rings is 1. The van der Waals surface area contributed by atoms with Gasteiger partial charge in [-0.25, -0.2) is 4.68 Å². The van der Waals surface area contributed by atoms with Crippen LogP contribution in [-0.2, 0) is 0 Å². The summed E-state index contributed by atoms with van der Waals surface area (Å²) < 4.78 is 1.71. The number of aromatic nitrogens is 4. The highest BCUT2D eigenvalue weighted by molar-refractivity contribution is 5.94. The molecule has 1 amide bonds. The van der Waals surface area contributed by atoms with Gasteiger partial charge in [-0.3, -0.25) is 9.78 Å². The number of nitrogens with zero attached hydrogens (tertiary/aromatic N) is 4. The zero-order valence-corrected chi connectivity index (χ0v) is 16.5. The van der Waals surface area contributed by atoms with Crippen LogP contribution in [0.1, 0.15) is 29.0 Å². The molecule has 0 spiro atoms. The van der Waals surface area contributed by atoms with Crippen LogP contribution in [0, 0.1) is 6.92 Å². The molecule has 2 N–H and O–H groups in total. The van der Waals surface area contributed by atoms with Crippen LogP contribution in [0.4, 0.5) is 0 Å². The molecule has 3 aromatic rings. The molecule has 9 heteroatoms. The van der Waals surface area contributed by atoms with Crippen LogP contribution in [0.2, 0.25) is 0 Å². The van der Waals surface area contributed by atoms with Gasteiger partial charge in [0.15, 0.2) is 5.69 Å². The van der Waals surface area contributed by atoms with Gasteiger partial charge in [-0.15, -0.1) is 29.9 Å². The van der Waals surface area contributed by atoms with E-state index in [1.807, 2.05) is 37.3 Å². The summed E-state index contributed by atoms with van der Waals surface area (Å²) in [4.78, 5) is 16.9. The molecule has 0 bridgehead atoms. The largest absolute Gasteiger partial charge is 0.347 e. The Hall–Kier alpha value is -2.22. The van der Waals surface area contributed by atoms with Gasteiger partial charge in [0.05, 0.1) is 16.9 Å². The normalized spacial score (nSPS) is 16.3. The Morgan fingerprint density at radius 2 is 2.11 bits per heavy atom. The topological polar surface area (TPSA) is 84.7 Å². The Bertz CT molecular complexity index is 918. The molecule has 0 unspecified atom stereocenters. The van der Waals surface area contributed by atoms with Crippen molar-refractivity contribution in [3.05, 3.63) is 47.9 Å². The molecule has 0 saturated carbocycles. The number of hydrogen-bond donors (Lipinski definition) is 2. The summed E-state index contributed by atoms with van der Waals surface area (Å²) in [5.74, 6) is -0.171. The van der Waals surface area contributed by atoms with E-state index in [0.717, 1.165) is 48.2 Å². The van der Waals surface area contributed by atoms with Gasteiger partial charge >= 0.3 is 0 Å². The molecular weight excluding hydrogens is 387 g/mol. The predicted molar refractivity (Wildman–Crippen MR) is 109 cm³/mol. The van der Waals surface area contributed by atoms with Crippen molar-refractivity contribution in [2.75, 3.05) is 13.1 Å². The third-order valence-corrected chi connectivity index (χ3v) is 4.59. The number of hydrogen-bond acceptors (Lipinski definition) is 5. The van der Waals surface area contributed by atoms with Gasteiger partial charge in [0.1, 0.15) is 0 Å². The number of nitrogens with one attached hydrogen (secondary N) is 2. The Balaban J connectivity index is 0.00000131. The molecule has 1 fully saturated rings. The van der Waals surface area contributed by atoms with Crippen molar-refractivity contribution in [3.63, 3.8) is 0 Å². The molecule has 1 atom stereocenters. The number of carbonyl (C=O) groups is 1. The second-order valence-electron chi connectivity index (χ2n) is 6.30. The van der Waals surface area contributed by atoms with Crippen molar-refractivity contribution < 1.29 is 4.79 Å². The van der Waals surface area contributed by atoms with Crippen molar-refractivity contribution in [2.24, 2.45) is 0 Å². The molecule has 7 nitrogen and oxygen atoms in total. The summed E-state index contributed by atoms with van der Waals surface area (Å²) in [5.41, 5.74) is 2.84. The number of halogens is 2. The highest BCUT2D eigenvalue weighted by atomic mass is 35.5. The second-order valence-corrected chi connectivity index (χ2v) is 6.30. The minimum atomic E-state index is -0.171. The summed E-state index contributed by atoms with van der Waals surface area (Å²) in [6.45, 7) is 3.67. The molecular formula is C18H22Cl2N6O. The van der Waals surface area contributed by atoms with Crippen molar-refractivity contribution in [1.29, 1.82) is 0 Å². The molecule has 3 heterocycles. The molecule has 144 valence electrons. The van der Waals surface area contributed by atoms with Gasteiger partial charge in [0.25, 0.3) is 5.91 Å². The number of fused-ring (bicyclic) bond motifs is 1. The molecule has 2 aromatic heterocycles. The zero-order chi connectivity index (χ0) is 17.2. The average molecular weight is 409 g/mol. The molecule has 1 saturated heterocycles. The smallest absolute Gasteiger partial charge is 0.274 e. The van der Waals surface area contributed by atoms with Crippen molar-refractivity contribution >= 4 is 41.6 Å². The number of pyridine rings is 1. The van der Waals surface area contributed by atoms with E-state index < -0.39 is 0 Å². The minimum absolute atomic E-state index is 0. The molecule has 4 rings (SSSR count). The highest BCUT2D eigenvalue weighted by Gasteiger charge is 2.22. The van der Waals surface area contributed by atoms with E-state index in [4.69, 9.17) is 0 Å². The van der Waals surface area contributed by atoms with Gasteiger partial charge in [0, 0.05) is 24.2 Å². The Labute approximate surface area is 169 Å². The summed E-state index contributed by atoms with van der Waals surface area (Å²) >= 11 is 0. The van der Waals surface area contributed by atoms with Crippen molar-refractivity contribution in [1.82, 2.24) is 30.6 Å². The maximum Gasteiger partial charge on any atom is 0.274 e. The lowest BCUT2D eigenvalue weighted by Gasteiger charge is -2.23. The second kappa shape index (κ2) is 9.12. The van der Waals surface area contributed by atoms with Crippen LogP contribution in [0.5, 0.6) is 0 Å². The SMILES string of the molecule is Cc1c(C(=O)N[C@H]2CCCNC2)nnn1-c1cccc2ncccc12.Cl.Cl. The lowest BCUT2D eigenvalue weighted by molar-refractivity contribution is 0.0925. The molecule has 27 heavy (non-hydrogen) atoms. The van der Waals surface area contributed by atoms with Crippen LogP contribution in [0.3, 0.4) is 0 Å². The quantitative estimate of drug-likeness (QED) is 0.694. The van der Waals surface area contributed by atoms with Crippen LogP contribution in [0.25, 0.3) is 16.6 Å². The zero-order valence-electron chi connectivity index (χ0n) is 14.9. The van der Waals surface area contributed by atoms with Gasteiger partial charge in [-0.05, 0) is 50.6 Å². The van der Waals surface area contributed by atoms with Crippen LogP contribution in [-0.4, -0.2) is 45.0 Å². The number of piperidine rings is 1. The van der Waals surface area contributed by atoms with Gasteiger partial charge in [0.2, 0.25) is 0 Å². The van der Waals surface area contributed by atoms with Crippen LogP contribution < -0.4 is 10.6 Å². The maximum atomic E-state index is 12.6. The van der Waals surface area contributed by atoms with Gasteiger partial charge < -0.3 is 10.6 Å². The minimum Gasteiger partial charge on any atom is -0.347 e. The number of carbonyl (C=O) groups excluding carboxylic acids is 1. The molecule has 1 aliphatic rings. The standard InChI is InChI=1S/C18H20N6O.2ClH/c1-12-17(18(25)21-13-5-3-9-19-11-13)22-23-24(12)16-8-2-7-15-14(16)6-4-10-20-15;;/h2,4,6-8,10,13,19H,3,5,9,11H2,1H3,(H,21,25);2*1H/t13-;;/m0../s1. The summed E-state index contributed by atoms with van der Waals surface area (Å²) in [6, 6.07) is 9.87. The Morgan fingerprint density at radius 1 is 1.26 bits per heavy atom.